The van der Waals surface area contributed by atoms with E-state index in [1.165, 1.54) is 5.56 Å². The third kappa shape index (κ3) is 5.08. The smallest absolute Gasteiger partial charge is 0.335 e. The number of imidazole rings is 1. The molecule has 0 saturated carbocycles. The zero-order valence-corrected chi connectivity index (χ0v) is 17.9. The quantitative estimate of drug-likeness (QED) is 0.340. The Kier molecular flexibility index (Phi) is 6.26. The van der Waals surface area contributed by atoms with Gasteiger partial charge in [-0.25, -0.2) is 9.78 Å². The molecule has 0 unspecified atom stereocenters. The first-order valence-corrected chi connectivity index (χ1v) is 10.4. The van der Waals surface area contributed by atoms with Crippen LogP contribution < -0.4 is 5.32 Å². The predicted molar refractivity (Wildman–Crippen MR) is 124 cm³/mol. The van der Waals surface area contributed by atoms with Crippen molar-refractivity contribution >= 4 is 40.8 Å². The van der Waals surface area contributed by atoms with Crippen molar-refractivity contribution in [2.24, 2.45) is 0 Å². The van der Waals surface area contributed by atoms with E-state index in [1.807, 2.05) is 41.0 Å². The summed E-state index contributed by atoms with van der Waals surface area (Å²) in [7, 11) is 0. The van der Waals surface area contributed by atoms with Gasteiger partial charge in [0, 0.05) is 23.8 Å². The molecule has 0 radical (unpaired) electrons. The molecular formula is C24H19Cl2N3O2. The summed E-state index contributed by atoms with van der Waals surface area (Å²) in [5.74, 6) is -0.362. The van der Waals surface area contributed by atoms with Crippen LogP contribution in [-0.4, -0.2) is 20.6 Å². The van der Waals surface area contributed by atoms with Crippen LogP contribution in [0.15, 0.2) is 79.1 Å². The molecule has 4 rings (SSSR count). The minimum atomic E-state index is -0.965. The SMILES string of the molecule is O=C(O)c1cccc(-n2ccnc2Nc2ccc(CCc3ccc(Cl)c(Cl)c3)cc2)c1. The molecule has 4 aromatic rings. The van der Waals surface area contributed by atoms with Crippen LogP contribution in [0.25, 0.3) is 5.69 Å². The lowest BCUT2D eigenvalue weighted by Gasteiger charge is -2.11. The summed E-state index contributed by atoms with van der Waals surface area (Å²) in [5.41, 5.74) is 4.18. The molecule has 2 N–H and O–H groups in total. The lowest BCUT2D eigenvalue weighted by molar-refractivity contribution is 0.0697. The number of hydrogen-bond acceptors (Lipinski definition) is 3. The number of carboxylic acid groups (broad SMARTS) is 1. The van der Waals surface area contributed by atoms with E-state index in [-0.39, 0.29) is 5.56 Å². The van der Waals surface area contributed by atoms with E-state index in [1.54, 1.807) is 30.6 Å². The fourth-order valence-corrected chi connectivity index (χ4v) is 3.58. The first-order chi connectivity index (χ1) is 15.0. The average molecular weight is 452 g/mol. The van der Waals surface area contributed by atoms with Gasteiger partial charge in [0.2, 0.25) is 5.95 Å². The van der Waals surface area contributed by atoms with E-state index in [4.69, 9.17) is 23.2 Å². The Hall–Kier alpha value is -3.28. The van der Waals surface area contributed by atoms with Crippen molar-refractivity contribution in [1.29, 1.82) is 0 Å². The Morgan fingerprint density at radius 1 is 0.935 bits per heavy atom. The number of nitrogens with zero attached hydrogens (tertiary/aromatic N) is 2. The molecule has 0 aliphatic heterocycles. The maximum atomic E-state index is 11.3. The second-order valence-electron chi connectivity index (χ2n) is 7.05. The van der Waals surface area contributed by atoms with Crippen molar-refractivity contribution < 1.29 is 9.90 Å². The summed E-state index contributed by atoms with van der Waals surface area (Å²) in [5, 5.41) is 13.6. The summed E-state index contributed by atoms with van der Waals surface area (Å²) < 4.78 is 1.81. The molecule has 0 amide bonds. The number of aromatic carboxylic acids is 1. The van der Waals surface area contributed by atoms with E-state index in [9.17, 15) is 9.90 Å². The number of carbonyl (C=O) groups is 1. The van der Waals surface area contributed by atoms with Crippen molar-refractivity contribution in [3.63, 3.8) is 0 Å². The second kappa shape index (κ2) is 9.25. The standard InChI is InChI=1S/C24H19Cl2N3O2/c25-21-11-8-17(14-22(21)26)5-4-16-6-9-19(10-7-16)28-24-27-12-13-29(24)20-3-1-2-18(15-20)23(30)31/h1-3,6-15H,4-5H2,(H,27,28)(H,30,31). The van der Waals surface area contributed by atoms with Crippen LogP contribution >= 0.6 is 23.2 Å². The Morgan fingerprint density at radius 2 is 1.68 bits per heavy atom. The Labute approximate surface area is 189 Å². The molecule has 0 fully saturated rings. The van der Waals surface area contributed by atoms with Crippen molar-refractivity contribution in [1.82, 2.24) is 9.55 Å². The van der Waals surface area contributed by atoms with Crippen LogP contribution in [0.1, 0.15) is 21.5 Å². The monoisotopic (exact) mass is 451 g/mol. The molecule has 5 nitrogen and oxygen atoms in total. The molecule has 1 aromatic heterocycles. The van der Waals surface area contributed by atoms with Gasteiger partial charge in [-0.05, 0) is 66.4 Å². The van der Waals surface area contributed by atoms with Gasteiger partial charge >= 0.3 is 5.97 Å². The summed E-state index contributed by atoms with van der Waals surface area (Å²) in [6.45, 7) is 0. The van der Waals surface area contributed by atoms with E-state index >= 15 is 0 Å². The van der Waals surface area contributed by atoms with Gasteiger partial charge in [-0.2, -0.15) is 0 Å². The van der Waals surface area contributed by atoms with Gasteiger partial charge in [-0.1, -0.05) is 47.5 Å². The second-order valence-corrected chi connectivity index (χ2v) is 7.86. The molecule has 156 valence electrons. The number of hydrogen-bond donors (Lipinski definition) is 2. The van der Waals surface area contributed by atoms with E-state index in [0.29, 0.717) is 16.0 Å². The molecule has 0 atom stereocenters. The first kappa shape index (κ1) is 21.0. The highest BCUT2D eigenvalue weighted by molar-refractivity contribution is 6.42. The van der Waals surface area contributed by atoms with Gasteiger partial charge in [-0.15, -0.1) is 0 Å². The average Bonchev–Trinajstić information content (AvgIpc) is 3.24. The number of anilines is 2. The van der Waals surface area contributed by atoms with Gasteiger partial charge in [0.25, 0.3) is 0 Å². The topological polar surface area (TPSA) is 67.1 Å². The lowest BCUT2D eigenvalue weighted by Crippen LogP contribution is -2.03. The van der Waals surface area contributed by atoms with Crippen molar-refractivity contribution in [3.05, 3.63) is 106 Å². The van der Waals surface area contributed by atoms with Crippen LogP contribution in [0.4, 0.5) is 11.6 Å². The molecule has 0 aliphatic carbocycles. The minimum Gasteiger partial charge on any atom is -0.478 e. The zero-order chi connectivity index (χ0) is 21.8. The van der Waals surface area contributed by atoms with Gasteiger partial charge < -0.3 is 10.4 Å². The Morgan fingerprint density at radius 3 is 2.42 bits per heavy atom. The first-order valence-electron chi connectivity index (χ1n) is 9.66. The minimum absolute atomic E-state index is 0.225. The molecule has 0 bridgehead atoms. The molecule has 0 spiro atoms. The fraction of sp³-hybridized carbons (Fsp3) is 0.0833. The normalized spacial score (nSPS) is 10.8. The van der Waals surface area contributed by atoms with E-state index in [2.05, 4.69) is 22.4 Å². The summed E-state index contributed by atoms with van der Waals surface area (Å²) in [6.07, 6.45) is 5.21. The molecule has 7 heteroatoms. The highest BCUT2D eigenvalue weighted by Crippen LogP contribution is 2.24. The van der Waals surface area contributed by atoms with Gasteiger partial charge in [0.15, 0.2) is 0 Å². The molecule has 0 aliphatic rings. The number of carboxylic acids is 1. The number of benzene rings is 3. The van der Waals surface area contributed by atoms with Crippen molar-refractivity contribution in [2.45, 2.75) is 12.8 Å². The van der Waals surface area contributed by atoms with Gasteiger partial charge in [0.05, 0.1) is 15.6 Å². The molecule has 1 heterocycles. The number of aryl methyl sites for hydroxylation is 2. The molecule has 0 saturated heterocycles. The maximum Gasteiger partial charge on any atom is 0.335 e. The Bertz CT molecular complexity index is 1220. The Balaban J connectivity index is 1.44. The third-order valence-electron chi connectivity index (χ3n) is 4.91. The predicted octanol–water partition coefficient (Wildman–Crippen LogP) is 6.41. The van der Waals surface area contributed by atoms with Crippen LogP contribution in [0.5, 0.6) is 0 Å². The lowest BCUT2D eigenvalue weighted by atomic mass is 10.0. The van der Waals surface area contributed by atoms with Crippen LogP contribution in [0, 0.1) is 0 Å². The summed E-state index contributed by atoms with van der Waals surface area (Å²) in [4.78, 5) is 15.6. The van der Waals surface area contributed by atoms with Crippen molar-refractivity contribution in [2.75, 3.05) is 5.32 Å². The highest BCUT2D eigenvalue weighted by Gasteiger charge is 2.09. The highest BCUT2D eigenvalue weighted by atomic mass is 35.5. The number of rotatable bonds is 7. The van der Waals surface area contributed by atoms with Crippen LogP contribution in [0.2, 0.25) is 10.0 Å². The van der Waals surface area contributed by atoms with E-state index in [0.717, 1.165) is 29.8 Å². The third-order valence-corrected chi connectivity index (χ3v) is 5.65. The number of nitrogens with one attached hydrogen (secondary N) is 1. The molecule has 31 heavy (non-hydrogen) atoms. The van der Waals surface area contributed by atoms with E-state index < -0.39 is 5.97 Å². The fourth-order valence-electron chi connectivity index (χ4n) is 3.26. The van der Waals surface area contributed by atoms with Crippen LogP contribution in [-0.2, 0) is 12.8 Å². The largest absolute Gasteiger partial charge is 0.478 e. The van der Waals surface area contributed by atoms with Gasteiger partial charge in [-0.3, -0.25) is 4.57 Å². The number of aromatic nitrogens is 2. The number of halogens is 2. The zero-order valence-electron chi connectivity index (χ0n) is 16.4. The molecule has 3 aromatic carbocycles. The van der Waals surface area contributed by atoms with Gasteiger partial charge in [0.1, 0.15) is 0 Å². The molecular weight excluding hydrogens is 433 g/mol. The summed E-state index contributed by atoms with van der Waals surface area (Å²) >= 11 is 12.1. The maximum absolute atomic E-state index is 11.3. The van der Waals surface area contributed by atoms with Crippen LogP contribution in [0.3, 0.4) is 0 Å². The van der Waals surface area contributed by atoms with Crippen molar-refractivity contribution in [3.8, 4) is 5.69 Å². The summed E-state index contributed by atoms with van der Waals surface area (Å²) in [6, 6.07) is 20.6.